The molecular formula is C16H18Si. The molecule has 0 aromatic heterocycles. The molecule has 0 N–H and O–H groups in total. The minimum absolute atomic E-state index is 0.905. The van der Waals surface area contributed by atoms with Crippen molar-refractivity contribution in [3.63, 3.8) is 0 Å². The van der Waals surface area contributed by atoms with E-state index >= 15 is 0 Å². The number of benzene rings is 2. The Bertz CT molecular complexity index is 442. The Labute approximate surface area is 104 Å². The first-order chi connectivity index (χ1) is 8.31. The van der Waals surface area contributed by atoms with E-state index in [-0.39, 0.29) is 0 Å². The third-order valence-corrected chi connectivity index (χ3v) is 9.71. The Morgan fingerprint density at radius 1 is 0.765 bits per heavy atom. The van der Waals surface area contributed by atoms with Gasteiger partial charge in [-0.05, 0) is 18.0 Å². The molecule has 2 aromatic carbocycles. The lowest BCUT2D eigenvalue weighted by Crippen LogP contribution is -2.65. The van der Waals surface area contributed by atoms with Gasteiger partial charge < -0.3 is 0 Å². The van der Waals surface area contributed by atoms with E-state index in [9.17, 15) is 0 Å². The van der Waals surface area contributed by atoms with Crippen LogP contribution in [-0.2, 0) is 0 Å². The van der Waals surface area contributed by atoms with Crippen LogP contribution in [0.1, 0.15) is 6.92 Å². The van der Waals surface area contributed by atoms with Gasteiger partial charge in [-0.2, -0.15) is 0 Å². The maximum absolute atomic E-state index is 2.39. The van der Waals surface area contributed by atoms with Gasteiger partial charge in [-0.3, -0.25) is 0 Å². The summed E-state index contributed by atoms with van der Waals surface area (Å²) in [5.41, 5.74) is 0. The van der Waals surface area contributed by atoms with Crippen LogP contribution >= 0.6 is 0 Å². The molecule has 0 amide bonds. The van der Waals surface area contributed by atoms with Gasteiger partial charge in [-0.1, -0.05) is 78.0 Å². The van der Waals surface area contributed by atoms with E-state index in [2.05, 4.69) is 67.6 Å². The zero-order chi connectivity index (χ0) is 11.7. The highest BCUT2D eigenvalue weighted by Gasteiger charge is 2.46. The Morgan fingerprint density at radius 3 is 1.53 bits per heavy atom. The van der Waals surface area contributed by atoms with Crippen LogP contribution in [0.3, 0.4) is 0 Å². The molecule has 1 heteroatoms. The fourth-order valence-corrected chi connectivity index (χ4v) is 8.48. The van der Waals surface area contributed by atoms with Gasteiger partial charge in [0.2, 0.25) is 0 Å². The van der Waals surface area contributed by atoms with Crippen LogP contribution in [0.25, 0.3) is 0 Å². The summed E-state index contributed by atoms with van der Waals surface area (Å²) in [6.07, 6.45) is 0. The quantitative estimate of drug-likeness (QED) is 0.706. The summed E-state index contributed by atoms with van der Waals surface area (Å²) in [6, 6.07) is 25.2. The molecule has 0 spiro atoms. The molecule has 0 radical (unpaired) electrons. The Balaban J connectivity index is 2.07. The van der Waals surface area contributed by atoms with E-state index < -0.39 is 8.07 Å². The summed E-state index contributed by atoms with van der Waals surface area (Å²) < 4.78 is 0. The normalized spacial score (nSPS) is 18.6. The monoisotopic (exact) mass is 238 g/mol. The van der Waals surface area contributed by atoms with E-state index in [1.165, 1.54) is 12.1 Å². The molecule has 0 atom stereocenters. The van der Waals surface area contributed by atoms with Crippen molar-refractivity contribution in [3.8, 4) is 0 Å². The van der Waals surface area contributed by atoms with Crippen molar-refractivity contribution >= 4 is 18.4 Å². The molecule has 0 unspecified atom stereocenters. The van der Waals surface area contributed by atoms with Crippen molar-refractivity contribution < 1.29 is 0 Å². The van der Waals surface area contributed by atoms with Gasteiger partial charge in [0.05, 0.1) is 0 Å². The molecule has 3 rings (SSSR count). The zero-order valence-electron chi connectivity index (χ0n) is 10.3. The minimum atomic E-state index is -1.36. The second kappa shape index (κ2) is 4.15. The van der Waals surface area contributed by atoms with E-state index in [4.69, 9.17) is 0 Å². The highest BCUT2D eigenvalue weighted by atomic mass is 28.3. The van der Waals surface area contributed by atoms with Gasteiger partial charge in [-0.15, -0.1) is 0 Å². The van der Waals surface area contributed by atoms with Gasteiger partial charge in [-0.25, -0.2) is 0 Å². The van der Waals surface area contributed by atoms with Gasteiger partial charge >= 0.3 is 0 Å². The Kier molecular flexibility index (Phi) is 2.64. The van der Waals surface area contributed by atoms with Gasteiger partial charge in [0, 0.05) is 0 Å². The fraction of sp³-hybridized carbons (Fsp3) is 0.250. The predicted molar refractivity (Wildman–Crippen MR) is 76.7 cm³/mol. The van der Waals surface area contributed by atoms with Crippen molar-refractivity contribution in [2.45, 2.75) is 19.0 Å². The van der Waals surface area contributed by atoms with Crippen molar-refractivity contribution in [1.29, 1.82) is 0 Å². The summed E-state index contributed by atoms with van der Waals surface area (Å²) in [4.78, 5) is 0. The SMILES string of the molecule is CC1C[Si](c2ccccc2)(c2ccccc2)C1. The Hall–Kier alpha value is -1.34. The van der Waals surface area contributed by atoms with Crippen molar-refractivity contribution in [2.75, 3.05) is 0 Å². The molecule has 1 aliphatic rings. The molecule has 17 heavy (non-hydrogen) atoms. The maximum atomic E-state index is 2.39. The minimum Gasteiger partial charge on any atom is -0.0630 e. The highest BCUT2D eigenvalue weighted by molar-refractivity contribution is 7.04. The van der Waals surface area contributed by atoms with Crippen molar-refractivity contribution in [3.05, 3.63) is 60.7 Å². The molecule has 86 valence electrons. The number of hydrogen-bond donors (Lipinski definition) is 0. The summed E-state index contributed by atoms with van der Waals surface area (Å²) in [7, 11) is -1.36. The van der Waals surface area contributed by atoms with E-state index in [1.54, 1.807) is 10.4 Å². The first kappa shape index (κ1) is 10.8. The lowest BCUT2D eigenvalue weighted by atomic mass is 10.2. The topological polar surface area (TPSA) is 0 Å². The van der Waals surface area contributed by atoms with Gasteiger partial charge in [0.15, 0.2) is 0 Å². The van der Waals surface area contributed by atoms with Crippen LogP contribution in [0.2, 0.25) is 12.1 Å². The Morgan fingerprint density at radius 2 is 1.18 bits per heavy atom. The lowest BCUT2D eigenvalue weighted by molar-refractivity contribution is 0.644. The fourth-order valence-electron chi connectivity index (χ4n) is 3.28. The number of hydrogen-bond acceptors (Lipinski definition) is 0. The molecule has 1 aliphatic heterocycles. The second-order valence-electron chi connectivity index (χ2n) is 5.33. The molecular weight excluding hydrogens is 220 g/mol. The molecule has 1 heterocycles. The molecule has 0 nitrogen and oxygen atoms in total. The van der Waals surface area contributed by atoms with Gasteiger partial charge in [0.1, 0.15) is 8.07 Å². The molecule has 2 aromatic rings. The van der Waals surface area contributed by atoms with Crippen LogP contribution in [0.5, 0.6) is 0 Å². The first-order valence-electron chi connectivity index (χ1n) is 6.42. The molecule has 0 bridgehead atoms. The summed E-state index contributed by atoms with van der Waals surface area (Å²) in [6.45, 7) is 2.39. The third-order valence-electron chi connectivity index (χ3n) is 4.05. The zero-order valence-corrected chi connectivity index (χ0v) is 11.3. The van der Waals surface area contributed by atoms with E-state index in [1.807, 2.05) is 0 Å². The second-order valence-corrected chi connectivity index (χ2v) is 9.46. The average molecular weight is 238 g/mol. The van der Waals surface area contributed by atoms with Crippen molar-refractivity contribution in [1.82, 2.24) is 0 Å². The van der Waals surface area contributed by atoms with Crippen LogP contribution in [0, 0.1) is 5.92 Å². The molecule has 1 fully saturated rings. The molecule has 0 saturated carbocycles. The maximum Gasteiger partial charge on any atom is 0.118 e. The first-order valence-corrected chi connectivity index (χ1v) is 8.84. The van der Waals surface area contributed by atoms with Crippen LogP contribution in [0.15, 0.2) is 60.7 Å². The van der Waals surface area contributed by atoms with E-state index in [0.29, 0.717) is 0 Å². The molecule has 0 aliphatic carbocycles. The van der Waals surface area contributed by atoms with E-state index in [0.717, 1.165) is 5.92 Å². The van der Waals surface area contributed by atoms with Crippen molar-refractivity contribution in [2.24, 2.45) is 5.92 Å². The molecule has 1 saturated heterocycles. The summed E-state index contributed by atoms with van der Waals surface area (Å²) in [5, 5.41) is 3.23. The van der Waals surface area contributed by atoms with Gasteiger partial charge in [0.25, 0.3) is 0 Å². The highest BCUT2D eigenvalue weighted by Crippen LogP contribution is 2.37. The average Bonchev–Trinajstić information content (AvgIpc) is 2.37. The third kappa shape index (κ3) is 1.75. The standard InChI is InChI=1S/C16H18Si/c1-14-12-17(13-14,15-8-4-2-5-9-15)16-10-6-3-7-11-16/h2-11,14H,12-13H2,1H3. The summed E-state index contributed by atoms with van der Waals surface area (Å²) in [5.74, 6) is 0.905. The predicted octanol–water partition coefficient (Wildman–Crippen LogP) is 2.90. The summed E-state index contributed by atoms with van der Waals surface area (Å²) >= 11 is 0. The largest absolute Gasteiger partial charge is 0.118 e. The smallest absolute Gasteiger partial charge is 0.0630 e. The van der Waals surface area contributed by atoms with Crippen LogP contribution < -0.4 is 10.4 Å². The lowest BCUT2D eigenvalue weighted by Gasteiger charge is -2.45. The van der Waals surface area contributed by atoms with Crippen LogP contribution in [0.4, 0.5) is 0 Å². The number of rotatable bonds is 2. The van der Waals surface area contributed by atoms with Crippen LogP contribution in [-0.4, -0.2) is 8.07 Å².